The number of methoxy groups -OCH3 is 1. The van der Waals surface area contributed by atoms with Gasteiger partial charge in [-0.3, -0.25) is 14.9 Å². The van der Waals surface area contributed by atoms with E-state index >= 15 is 0 Å². The average molecular weight is 364 g/mol. The van der Waals surface area contributed by atoms with Gasteiger partial charge in [-0.1, -0.05) is 17.7 Å². The molecule has 0 fully saturated rings. The fraction of sp³-hybridized carbons (Fsp3) is 0.125. The van der Waals surface area contributed by atoms with Crippen LogP contribution in [-0.2, 0) is 4.79 Å². The van der Waals surface area contributed by atoms with Crippen LogP contribution in [0, 0.1) is 10.1 Å². The van der Waals surface area contributed by atoms with Gasteiger partial charge in [0.1, 0.15) is 11.5 Å². The van der Waals surface area contributed by atoms with Gasteiger partial charge in [-0.05, 0) is 24.3 Å². The number of amides is 1. The van der Waals surface area contributed by atoms with Crippen molar-refractivity contribution in [1.29, 1.82) is 0 Å². The van der Waals surface area contributed by atoms with Crippen LogP contribution in [0.4, 0.5) is 5.69 Å². The van der Waals surface area contributed by atoms with Gasteiger partial charge < -0.3 is 9.47 Å². The number of nitrogens with zero attached hydrogens (tertiary/aromatic N) is 2. The molecule has 2 aromatic carbocycles. The predicted octanol–water partition coefficient (Wildman–Crippen LogP) is 2.79. The van der Waals surface area contributed by atoms with E-state index in [1.54, 1.807) is 24.3 Å². The van der Waals surface area contributed by atoms with Crippen LogP contribution < -0.4 is 14.9 Å². The summed E-state index contributed by atoms with van der Waals surface area (Å²) in [6, 6.07) is 10.7. The quantitative estimate of drug-likeness (QED) is 0.463. The van der Waals surface area contributed by atoms with E-state index in [2.05, 4.69) is 10.5 Å². The molecular formula is C16H14ClN3O5. The molecule has 0 unspecified atom stereocenters. The first kappa shape index (κ1) is 18.2. The molecule has 8 nitrogen and oxygen atoms in total. The highest BCUT2D eigenvalue weighted by Crippen LogP contribution is 2.22. The third-order valence-corrected chi connectivity index (χ3v) is 3.22. The Labute approximate surface area is 148 Å². The second-order valence-corrected chi connectivity index (χ2v) is 5.16. The number of non-ortho nitro benzene ring substituents is 1. The Morgan fingerprint density at radius 2 is 2.16 bits per heavy atom. The zero-order chi connectivity index (χ0) is 18.2. The highest BCUT2D eigenvalue weighted by molar-refractivity contribution is 6.30. The summed E-state index contributed by atoms with van der Waals surface area (Å²) >= 11 is 5.81. The highest BCUT2D eigenvalue weighted by atomic mass is 35.5. The van der Waals surface area contributed by atoms with Gasteiger partial charge in [0.15, 0.2) is 6.61 Å². The third-order valence-electron chi connectivity index (χ3n) is 2.98. The van der Waals surface area contributed by atoms with Gasteiger partial charge in [0.2, 0.25) is 0 Å². The largest absolute Gasteiger partial charge is 0.496 e. The van der Waals surface area contributed by atoms with Gasteiger partial charge in [0.25, 0.3) is 11.6 Å². The Hall–Kier alpha value is -3.13. The normalized spacial score (nSPS) is 10.5. The number of ether oxygens (including phenoxy) is 2. The van der Waals surface area contributed by atoms with Crippen LogP contribution in [0.2, 0.25) is 5.02 Å². The standard InChI is InChI=1S/C16H14ClN3O5/c1-24-15-6-5-13(20(22)23)7-11(15)9-18-19-16(21)10-25-14-4-2-3-12(17)8-14/h2-9H,10H2,1H3,(H,19,21)/b18-9+. The van der Waals surface area contributed by atoms with Crippen LogP contribution in [0.1, 0.15) is 5.56 Å². The first-order valence-corrected chi connectivity index (χ1v) is 7.40. The van der Waals surface area contributed by atoms with Crippen molar-refractivity contribution < 1.29 is 19.2 Å². The Morgan fingerprint density at radius 3 is 2.84 bits per heavy atom. The molecule has 9 heteroatoms. The molecule has 130 valence electrons. The van der Waals surface area contributed by atoms with Gasteiger partial charge in [-0.15, -0.1) is 0 Å². The monoisotopic (exact) mass is 363 g/mol. The van der Waals surface area contributed by atoms with E-state index in [0.29, 0.717) is 22.1 Å². The van der Waals surface area contributed by atoms with Gasteiger partial charge in [-0.2, -0.15) is 5.10 Å². The zero-order valence-electron chi connectivity index (χ0n) is 13.1. The summed E-state index contributed by atoms with van der Waals surface area (Å²) in [6.45, 7) is -0.260. The molecule has 1 N–H and O–H groups in total. The highest BCUT2D eigenvalue weighted by Gasteiger charge is 2.10. The van der Waals surface area contributed by atoms with Crippen molar-refractivity contribution in [3.05, 3.63) is 63.2 Å². The van der Waals surface area contributed by atoms with E-state index in [1.165, 1.54) is 31.5 Å². The van der Waals surface area contributed by atoms with Gasteiger partial charge in [0.05, 0.1) is 18.2 Å². The van der Waals surface area contributed by atoms with E-state index in [-0.39, 0.29) is 12.3 Å². The first-order chi connectivity index (χ1) is 12.0. The number of nitro benzene ring substituents is 1. The molecular weight excluding hydrogens is 350 g/mol. The lowest BCUT2D eigenvalue weighted by Crippen LogP contribution is -2.24. The molecule has 2 rings (SSSR count). The van der Waals surface area contributed by atoms with E-state index < -0.39 is 10.8 Å². The predicted molar refractivity (Wildman–Crippen MR) is 92.3 cm³/mol. The fourth-order valence-electron chi connectivity index (χ4n) is 1.85. The van der Waals surface area contributed by atoms with Crippen molar-refractivity contribution >= 4 is 29.4 Å². The summed E-state index contributed by atoms with van der Waals surface area (Å²) in [5.41, 5.74) is 2.50. The molecule has 1 amide bonds. The van der Waals surface area contributed by atoms with Crippen molar-refractivity contribution in [1.82, 2.24) is 5.43 Å². The number of rotatable bonds is 7. The number of carbonyl (C=O) groups excluding carboxylic acids is 1. The Bertz CT molecular complexity index is 810. The van der Waals surface area contributed by atoms with Crippen LogP contribution in [0.5, 0.6) is 11.5 Å². The molecule has 0 heterocycles. The lowest BCUT2D eigenvalue weighted by Gasteiger charge is -2.06. The molecule has 0 aliphatic rings. The summed E-state index contributed by atoms with van der Waals surface area (Å²) in [5, 5.41) is 15.0. The molecule has 0 atom stereocenters. The molecule has 0 aliphatic heterocycles. The number of nitro groups is 1. The van der Waals surface area contributed by atoms with E-state index in [4.69, 9.17) is 21.1 Å². The minimum Gasteiger partial charge on any atom is -0.496 e. The summed E-state index contributed by atoms with van der Waals surface area (Å²) in [4.78, 5) is 22.0. The number of carbonyl (C=O) groups is 1. The maximum Gasteiger partial charge on any atom is 0.277 e. The Balaban J connectivity index is 1.94. The minimum absolute atomic E-state index is 0.113. The number of benzene rings is 2. The number of halogens is 1. The van der Waals surface area contributed by atoms with Crippen LogP contribution in [0.25, 0.3) is 0 Å². The number of hydrogen-bond acceptors (Lipinski definition) is 6. The molecule has 0 spiro atoms. The summed E-state index contributed by atoms with van der Waals surface area (Å²) in [6.07, 6.45) is 1.25. The molecule has 0 bridgehead atoms. The van der Waals surface area contributed by atoms with Crippen molar-refractivity contribution in [2.24, 2.45) is 5.10 Å². The molecule has 0 saturated carbocycles. The van der Waals surface area contributed by atoms with Crippen molar-refractivity contribution in [3.8, 4) is 11.5 Å². The van der Waals surface area contributed by atoms with Crippen LogP contribution in [0.3, 0.4) is 0 Å². The number of hydrazone groups is 1. The van der Waals surface area contributed by atoms with Crippen molar-refractivity contribution in [3.63, 3.8) is 0 Å². The molecule has 25 heavy (non-hydrogen) atoms. The number of hydrogen-bond donors (Lipinski definition) is 1. The summed E-state index contributed by atoms with van der Waals surface area (Å²) in [5.74, 6) is 0.339. The molecule has 0 saturated heterocycles. The summed E-state index contributed by atoms with van der Waals surface area (Å²) < 4.78 is 10.4. The van der Waals surface area contributed by atoms with E-state index in [9.17, 15) is 14.9 Å². The first-order valence-electron chi connectivity index (χ1n) is 7.02. The summed E-state index contributed by atoms with van der Waals surface area (Å²) in [7, 11) is 1.43. The van der Waals surface area contributed by atoms with Gasteiger partial charge in [0, 0.05) is 22.7 Å². The smallest absolute Gasteiger partial charge is 0.277 e. The lowest BCUT2D eigenvalue weighted by molar-refractivity contribution is -0.384. The SMILES string of the molecule is COc1ccc([N+](=O)[O-])cc1/C=N/NC(=O)COc1cccc(Cl)c1. The van der Waals surface area contributed by atoms with E-state index in [1.807, 2.05) is 0 Å². The fourth-order valence-corrected chi connectivity index (χ4v) is 2.03. The molecule has 2 aromatic rings. The van der Waals surface area contributed by atoms with Crippen LogP contribution in [-0.4, -0.2) is 30.8 Å². The van der Waals surface area contributed by atoms with E-state index in [0.717, 1.165) is 0 Å². The second-order valence-electron chi connectivity index (χ2n) is 4.72. The molecule has 0 radical (unpaired) electrons. The average Bonchev–Trinajstić information content (AvgIpc) is 2.60. The minimum atomic E-state index is -0.534. The topological polar surface area (TPSA) is 103 Å². The van der Waals surface area contributed by atoms with Crippen LogP contribution >= 0.6 is 11.6 Å². The van der Waals surface area contributed by atoms with Crippen LogP contribution in [0.15, 0.2) is 47.6 Å². The maximum absolute atomic E-state index is 11.7. The maximum atomic E-state index is 11.7. The van der Waals surface area contributed by atoms with Crippen molar-refractivity contribution in [2.75, 3.05) is 13.7 Å². The Kier molecular flexibility index (Phi) is 6.30. The van der Waals surface area contributed by atoms with Crippen molar-refractivity contribution in [2.45, 2.75) is 0 Å². The Morgan fingerprint density at radius 1 is 1.36 bits per heavy atom. The number of nitrogens with one attached hydrogen (secondary N) is 1. The molecule has 0 aliphatic carbocycles. The zero-order valence-corrected chi connectivity index (χ0v) is 13.9. The second kappa shape index (κ2) is 8.65. The molecule has 0 aromatic heterocycles. The third kappa shape index (κ3) is 5.47. The lowest BCUT2D eigenvalue weighted by atomic mass is 10.2. The van der Waals surface area contributed by atoms with Gasteiger partial charge >= 0.3 is 0 Å². The van der Waals surface area contributed by atoms with Gasteiger partial charge in [-0.25, -0.2) is 5.43 Å².